The molecule has 2 aromatic heterocycles. The van der Waals surface area contributed by atoms with Gasteiger partial charge >= 0.3 is 0 Å². The minimum absolute atomic E-state index is 0.263. The zero-order valence-corrected chi connectivity index (χ0v) is 9.63. The second-order valence-electron chi connectivity index (χ2n) is 4.33. The van der Waals surface area contributed by atoms with Crippen molar-refractivity contribution in [2.24, 2.45) is 0 Å². The number of hydrogen-bond donors (Lipinski definition) is 1. The lowest BCUT2D eigenvalue weighted by atomic mass is 9.89. The second kappa shape index (κ2) is 4.25. The first-order chi connectivity index (χ1) is 8.34. The van der Waals surface area contributed by atoms with E-state index < -0.39 is 0 Å². The Morgan fingerprint density at radius 1 is 1.24 bits per heavy atom. The Kier molecular flexibility index (Phi) is 2.60. The van der Waals surface area contributed by atoms with Crippen LogP contribution in [0.25, 0.3) is 0 Å². The van der Waals surface area contributed by atoms with Gasteiger partial charge in [0.2, 0.25) is 5.89 Å². The van der Waals surface area contributed by atoms with Crippen LogP contribution >= 0.6 is 0 Å². The number of rotatable bonds is 2. The van der Waals surface area contributed by atoms with E-state index >= 15 is 0 Å². The molecule has 0 radical (unpaired) electrons. The molecule has 5 heteroatoms. The summed E-state index contributed by atoms with van der Waals surface area (Å²) in [6, 6.07) is 4.10. The van der Waals surface area contributed by atoms with Crippen LogP contribution in [0.2, 0.25) is 0 Å². The third-order valence-corrected chi connectivity index (χ3v) is 3.21. The van der Waals surface area contributed by atoms with Crippen molar-refractivity contribution in [2.75, 3.05) is 13.1 Å². The van der Waals surface area contributed by atoms with Crippen molar-refractivity contribution in [3.05, 3.63) is 41.8 Å². The Bertz CT molecular complexity index is 496. The second-order valence-corrected chi connectivity index (χ2v) is 4.33. The molecule has 0 spiro atoms. The van der Waals surface area contributed by atoms with Crippen LogP contribution in [-0.2, 0) is 0 Å². The van der Waals surface area contributed by atoms with E-state index in [2.05, 4.69) is 20.4 Å². The zero-order chi connectivity index (χ0) is 11.7. The van der Waals surface area contributed by atoms with Gasteiger partial charge in [-0.25, -0.2) is 0 Å². The smallest absolute Gasteiger partial charge is 0.231 e. The number of pyridine rings is 1. The highest BCUT2D eigenvalue weighted by molar-refractivity contribution is 5.23. The van der Waals surface area contributed by atoms with Gasteiger partial charge in [-0.1, -0.05) is 5.16 Å². The molecule has 88 valence electrons. The van der Waals surface area contributed by atoms with E-state index in [0.29, 0.717) is 11.7 Å². The molecule has 2 atom stereocenters. The van der Waals surface area contributed by atoms with E-state index in [4.69, 9.17) is 4.52 Å². The molecule has 0 unspecified atom stereocenters. The lowest BCUT2D eigenvalue weighted by molar-refractivity contribution is 0.348. The van der Waals surface area contributed by atoms with Gasteiger partial charge in [0, 0.05) is 31.4 Å². The molecule has 1 fully saturated rings. The number of aryl methyl sites for hydroxylation is 1. The monoisotopic (exact) mass is 230 g/mol. The van der Waals surface area contributed by atoms with Gasteiger partial charge in [0.05, 0.1) is 5.92 Å². The van der Waals surface area contributed by atoms with Gasteiger partial charge in [0.25, 0.3) is 0 Å². The van der Waals surface area contributed by atoms with Crippen LogP contribution in [-0.4, -0.2) is 28.2 Å². The van der Waals surface area contributed by atoms with Crippen molar-refractivity contribution in [3.8, 4) is 0 Å². The molecule has 17 heavy (non-hydrogen) atoms. The molecule has 0 aromatic carbocycles. The fourth-order valence-electron chi connectivity index (χ4n) is 2.36. The Morgan fingerprint density at radius 2 is 2.00 bits per heavy atom. The Morgan fingerprint density at radius 3 is 2.71 bits per heavy atom. The van der Waals surface area contributed by atoms with E-state index in [1.165, 1.54) is 5.56 Å². The van der Waals surface area contributed by atoms with Crippen LogP contribution in [0.4, 0.5) is 0 Å². The summed E-state index contributed by atoms with van der Waals surface area (Å²) < 4.78 is 5.28. The lowest BCUT2D eigenvalue weighted by Crippen LogP contribution is -2.09. The maximum Gasteiger partial charge on any atom is 0.231 e. The van der Waals surface area contributed by atoms with Gasteiger partial charge in [-0.3, -0.25) is 4.98 Å². The SMILES string of the molecule is Cc1noc([C@@H]2CNC[C@H]2c2ccncc2)n1. The van der Waals surface area contributed by atoms with Gasteiger partial charge in [-0.2, -0.15) is 4.98 Å². The predicted octanol–water partition coefficient (Wildman–Crippen LogP) is 1.24. The minimum atomic E-state index is 0.263. The molecule has 1 aliphatic heterocycles. The molecule has 3 heterocycles. The van der Waals surface area contributed by atoms with E-state index in [-0.39, 0.29) is 5.92 Å². The third kappa shape index (κ3) is 1.93. The zero-order valence-electron chi connectivity index (χ0n) is 9.63. The maximum absolute atomic E-state index is 5.28. The summed E-state index contributed by atoms with van der Waals surface area (Å²) in [6.45, 7) is 3.67. The van der Waals surface area contributed by atoms with E-state index in [0.717, 1.165) is 19.0 Å². The van der Waals surface area contributed by atoms with Gasteiger partial charge in [0.1, 0.15) is 0 Å². The Labute approximate surface area is 99.3 Å². The molecule has 3 rings (SSSR count). The quantitative estimate of drug-likeness (QED) is 0.841. The van der Waals surface area contributed by atoms with Gasteiger partial charge in [-0.15, -0.1) is 0 Å². The Hall–Kier alpha value is -1.75. The fraction of sp³-hybridized carbons (Fsp3) is 0.417. The topological polar surface area (TPSA) is 63.8 Å². The van der Waals surface area contributed by atoms with Crippen molar-refractivity contribution in [1.29, 1.82) is 0 Å². The number of nitrogens with one attached hydrogen (secondary N) is 1. The molecular weight excluding hydrogens is 216 g/mol. The van der Waals surface area contributed by atoms with Crippen molar-refractivity contribution in [1.82, 2.24) is 20.4 Å². The summed E-state index contributed by atoms with van der Waals surface area (Å²) in [5.74, 6) is 2.08. The molecule has 1 N–H and O–H groups in total. The molecule has 0 bridgehead atoms. The van der Waals surface area contributed by atoms with E-state index in [9.17, 15) is 0 Å². The molecule has 5 nitrogen and oxygen atoms in total. The summed E-state index contributed by atoms with van der Waals surface area (Å²) in [5.41, 5.74) is 1.27. The van der Waals surface area contributed by atoms with Gasteiger partial charge in [-0.05, 0) is 24.6 Å². The molecule has 1 aliphatic rings. The highest BCUT2D eigenvalue weighted by Crippen LogP contribution is 2.34. The first kappa shape index (κ1) is 10.4. The highest BCUT2D eigenvalue weighted by atomic mass is 16.5. The van der Waals surface area contributed by atoms with E-state index in [1.807, 2.05) is 31.5 Å². The first-order valence-corrected chi connectivity index (χ1v) is 5.75. The van der Waals surface area contributed by atoms with E-state index in [1.54, 1.807) is 0 Å². The summed E-state index contributed by atoms with van der Waals surface area (Å²) in [5, 5.41) is 7.24. The molecule has 0 saturated carbocycles. The number of hydrogen-bond acceptors (Lipinski definition) is 5. The summed E-state index contributed by atoms with van der Waals surface area (Å²) in [7, 11) is 0. The summed E-state index contributed by atoms with van der Waals surface area (Å²) >= 11 is 0. The molecule has 2 aromatic rings. The predicted molar refractivity (Wildman–Crippen MR) is 61.6 cm³/mol. The lowest BCUT2D eigenvalue weighted by Gasteiger charge is -2.14. The first-order valence-electron chi connectivity index (χ1n) is 5.75. The van der Waals surface area contributed by atoms with Crippen LogP contribution in [0.1, 0.15) is 29.1 Å². The summed E-state index contributed by atoms with van der Waals surface area (Å²) in [4.78, 5) is 8.38. The molecule has 0 amide bonds. The van der Waals surface area contributed by atoms with Crippen molar-refractivity contribution in [3.63, 3.8) is 0 Å². The highest BCUT2D eigenvalue weighted by Gasteiger charge is 2.33. The molecule has 1 saturated heterocycles. The fourth-order valence-corrected chi connectivity index (χ4v) is 2.36. The number of aromatic nitrogens is 3. The van der Waals surface area contributed by atoms with Crippen LogP contribution in [0.3, 0.4) is 0 Å². The Balaban J connectivity index is 1.90. The van der Waals surface area contributed by atoms with Gasteiger partial charge < -0.3 is 9.84 Å². The van der Waals surface area contributed by atoms with Crippen LogP contribution in [0.5, 0.6) is 0 Å². The molecule has 0 aliphatic carbocycles. The summed E-state index contributed by atoms with van der Waals surface area (Å²) in [6.07, 6.45) is 3.65. The van der Waals surface area contributed by atoms with Crippen molar-refractivity contribution < 1.29 is 4.52 Å². The standard InChI is InChI=1S/C12H14N4O/c1-8-15-12(17-16-8)11-7-14-6-10(11)9-2-4-13-5-3-9/h2-5,10-11,14H,6-7H2,1H3/t10-,11+/m0/s1. The van der Waals surface area contributed by atoms with Gasteiger partial charge in [0.15, 0.2) is 5.82 Å². The third-order valence-electron chi connectivity index (χ3n) is 3.21. The average Bonchev–Trinajstić information content (AvgIpc) is 2.98. The normalized spacial score (nSPS) is 24.1. The molecular formula is C12H14N4O. The van der Waals surface area contributed by atoms with Crippen LogP contribution in [0.15, 0.2) is 29.0 Å². The van der Waals surface area contributed by atoms with Crippen LogP contribution < -0.4 is 5.32 Å². The van der Waals surface area contributed by atoms with Crippen molar-refractivity contribution in [2.45, 2.75) is 18.8 Å². The minimum Gasteiger partial charge on any atom is -0.339 e. The average molecular weight is 230 g/mol. The van der Waals surface area contributed by atoms with Crippen LogP contribution in [0, 0.1) is 6.92 Å². The largest absolute Gasteiger partial charge is 0.339 e. The number of nitrogens with zero attached hydrogens (tertiary/aromatic N) is 3. The maximum atomic E-state index is 5.28. The van der Waals surface area contributed by atoms with Crippen molar-refractivity contribution >= 4 is 0 Å².